The van der Waals surface area contributed by atoms with Crippen LogP contribution >= 0.6 is 46.2 Å². The van der Waals surface area contributed by atoms with Gasteiger partial charge in [0.2, 0.25) is 7.58 Å². The molecule has 0 spiro atoms. The zero-order valence-electron chi connectivity index (χ0n) is 17.8. The molecule has 0 amide bonds. The Kier molecular flexibility index (Phi) is 7.54. The molecule has 2 unspecified atom stereocenters. The lowest BCUT2D eigenvalue weighted by Gasteiger charge is -2.44. The van der Waals surface area contributed by atoms with Crippen molar-refractivity contribution in [3.63, 3.8) is 0 Å². The quantitative estimate of drug-likeness (QED) is 0.180. The summed E-state index contributed by atoms with van der Waals surface area (Å²) in [5.74, 6) is 1.33. The van der Waals surface area contributed by atoms with E-state index in [9.17, 15) is 0 Å². The molecule has 0 fully saturated rings. The van der Waals surface area contributed by atoms with Crippen molar-refractivity contribution in [3.8, 4) is 11.5 Å². The lowest BCUT2D eigenvalue weighted by Crippen LogP contribution is -2.36. The van der Waals surface area contributed by atoms with E-state index in [-0.39, 0.29) is 0 Å². The van der Waals surface area contributed by atoms with Crippen LogP contribution in [0.5, 0.6) is 11.5 Å². The third-order valence-corrected chi connectivity index (χ3v) is 15.1. The fraction of sp³-hybridized carbons (Fsp3) is 0. The van der Waals surface area contributed by atoms with E-state index in [0.29, 0.717) is 11.5 Å². The molecule has 5 rings (SSSR count). The van der Waals surface area contributed by atoms with Crippen molar-refractivity contribution in [2.75, 3.05) is 0 Å². The van der Waals surface area contributed by atoms with Crippen molar-refractivity contribution in [2.45, 2.75) is 0 Å². The molecule has 4 aromatic carbocycles. The van der Waals surface area contributed by atoms with Crippen LogP contribution in [0.1, 0.15) is 0 Å². The van der Waals surface area contributed by atoms with Gasteiger partial charge in [0, 0.05) is 10.6 Å². The second kappa shape index (κ2) is 10.8. The Bertz CT molecular complexity index is 1230. The zero-order chi connectivity index (χ0) is 23.4. The molecule has 10 heteroatoms. The topological polar surface area (TPSA) is 37.3 Å². The summed E-state index contributed by atoms with van der Waals surface area (Å²) in [5.41, 5.74) is 0. The van der Waals surface area contributed by atoms with Gasteiger partial charge >= 0.3 is 8.45 Å². The number of hydrogen-bond acceptors (Lipinski definition) is 5. The molecule has 0 saturated heterocycles. The van der Waals surface area contributed by atoms with E-state index in [2.05, 4.69) is 24.3 Å². The lowest BCUT2D eigenvalue weighted by atomic mass is 10.3. The molecule has 4 aromatic rings. The summed E-state index contributed by atoms with van der Waals surface area (Å²) in [5, 5.41) is 2.00. The second-order valence-electron chi connectivity index (χ2n) is 7.16. The van der Waals surface area contributed by atoms with Crippen LogP contribution in [-0.4, -0.2) is 8.56 Å². The van der Waals surface area contributed by atoms with Crippen LogP contribution in [-0.2, 0) is 0 Å². The van der Waals surface area contributed by atoms with E-state index in [1.54, 1.807) is 0 Å². The van der Waals surface area contributed by atoms with Gasteiger partial charge in [-0.3, -0.25) is 0 Å². The predicted octanol–water partition coefficient (Wildman–Crippen LogP) is 8.29. The van der Waals surface area contributed by atoms with Gasteiger partial charge in [-0.05, 0) is 51.9 Å². The standard InChI is InChI=1S/C24H20Cl2N3O2P3/c25-28-32(26)27-34(23-17-9-3-10-18-23,24-19-11-4-12-20-24)29(30-21-13-5-1-6-14-21)33(28)31-22-15-7-2-8-16-22/h1-20H. The van der Waals surface area contributed by atoms with Crippen molar-refractivity contribution in [2.24, 2.45) is 4.52 Å². The fourth-order valence-electron chi connectivity index (χ4n) is 3.45. The number of hydrogen-bond donors (Lipinski definition) is 0. The first-order valence-corrected chi connectivity index (χ1v) is 15.8. The Morgan fingerprint density at radius 2 is 1.09 bits per heavy atom. The molecule has 1 aliphatic heterocycles. The van der Waals surface area contributed by atoms with Gasteiger partial charge in [-0.25, -0.2) is 4.52 Å². The smallest absolute Gasteiger partial charge is 0.311 e. The molecular formula is C24H20Cl2N3O2P3. The van der Waals surface area contributed by atoms with Gasteiger partial charge < -0.3 is 9.36 Å². The van der Waals surface area contributed by atoms with Crippen molar-refractivity contribution >= 4 is 56.9 Å². The zero-order valence-corrected chi connectivity index (χ0v) is 22.0. The molecule has 0 radical (unpaired) electrons. The van der Waals surface area contributed by atoms with E-state index in [1.807, 2.05) is 102 Å². The van der Waals surface area contributed by atoms with Gasteiger partial charge in [0.25, 0.3) is 0 Å². The number of para-hydroxylation sites is 2. The average molecular weight is 546 g/mol. The first-order chi connectivity index (χ1) is 16.7. The highest BCUT2D eigenvalue weighted by molar-refractivity contribution is 7.98. The largest absolute Gasteiger partial charge is 0.442 e. The summed E-state index contributed by atoms with van der Waals surface area (Å²) >= 11 is 13.6. The minimum Gasteiger partial charge on any atom is -0.442 e. The number of rotatable bonds is 6. The van der Waals surface area contributed by atoms with Gasteiger partial charge in [0.05, 0.1) is 0 Å². The minimum atomic E-state index is -2.75. The summed E-state index contributed by atoms with van der Waals surface area (Å²) in [6, 6.07) is 39.4. The van der Waals surface area contributed by atoms with E-state index < -0.39 is 23.2 Å². The molecule has 0 aromatic heterocycles. The molecule has 0 saturated carbocycles. The first-order valence-electron chi connectivity index (χ1n) is 10.4. The van der Waals surface area contributed by atoms with E-state index in [4.69, 9.17) is 36.9 Å². The highest BCUT2D eigenvalue weighted by Gasteiger charge is 2.51. The van der Waals surface area contributed by atoms with Crippen LogP contribution < -0.4 is 20.0 Å². The van der Waals surface area contributed by atoms with E-state index in [0.717, 1.165) is 10.6 Å². The van der Waals surface area contributed by atoms with Crippen LogP contribution in [0, 0.1) is 0 Å². The number of benzene rings is 4. The molecular weight excluding hydrogens is 526 g/mol. The third-order valence-electron chi connectivity index (χ3n) is 4.97. The average Bonchev–Trinajstić information content (AvgIpc) is 2.90. The van der Waals surface area contributed by atoms with Gasteiger partial charge in [0.15, 0.2) is 0 Å². The normalized spacial score (nSPS) is 20.3. The maximum Gasteiger partial charge on any atom is 0.311 e. The summed E-state index contributed by atoms with van der Waals surface area (Å²) in [4.78, 5) is 6.60. The molecule has 172 valence electrons. The Morgan fingerprint density at radius 3 is 1.59 bits per heavy atom. The molecule has 34 heavy (non-hydrogen) atoms. The summed E-state index contributed by atoms with van der Waals surface area (Å²) in [6.45, 7) is 0. The highest BCUT2D eigenvalue weighted by Crippen LogP contribution is 2.78. The molecule has 0 bridgehead atoms. The Morgan fingerprint density at radius 1 is 0.647 bits per heavy atom. The maximum absolute atomic E-state index is 6.85. The molecule has 2 atom stereocenters. The molecule has 5 nitrogen and oxygen atoms in total. The SMILES string of the molecule is ClN1P(Cl)N=P(c2ccccc2)(c2ccccc2)N(Oc2ccccc2)P1Oc1ccccc1. The fourth-order valence-corrected chi connectivity index (χ4v) is 14.1. The molecule has 1 heterocycles. The van der Waals surface area contributed by atoms with Gasteiger partial charge in [-0.1, -0.05) is 101 Å². The van der Waals surface area contributed by atoms with Crippen LogP contribution in [0.15, 0.2) is 126 Å². The lowest BCUT2D eigenvalue weighted by molar-refractivity contribution is 0.127. The summed E-state index contributed by atoms with van der Waals surface area (Å²) < 4.78 is 15.0. The Labute approximate surface area is 211 Å². The van der Waals surface area contributed by atoms with Crippen LogP contribution in [0.25, 0.3) is 0 Å². The minimum absolute atomic E-state index is 0.656. The second-order valence-corrected chi connectivity index (χ2v) is 15.2. The number of nitrogens with zero attached hydrogens (tertiary/aromatic N) is 3. The van der Waals surface area contributed by atoms with Crippen molar-refractivity contribution in [3.05, 3.63) is 121 Å². The molecule has 0 N–H and O–H groups in total. The van der Waals surface area contributed by atoms with E-state index >= 15 is 0 Å². The molecule has 0 aliphatic carbocycles. The summed E-state index contributed by atoms with van der Waals surface area (Å²) in [7, 11) is -6.05. The highest BCUT2D eigenvalue weighted by atomic mass is 35.7. The van der Waals surface area contributed by atoms with E-state index in [1.165, 1.54) is 3.96 Å². The van der Waals surface area contributed by atoms with Crippen molar-refractivity contribution in [1.82, 2.24) is 8.56 Å². The first kappa shape index (κ1) is 23.8. The van der Waals surface area contributed by atoms with Crippen LogP contribution in [0.3, 0.4) is 0 Å². The Balaban J connectivity index is 1.75. The monoisotopic (exact) mass is 545 g/mol. The third kappa shape index (κ3) is 4.76. The van der Waals surface area contributed by atoms with Gasteiger partial charge in [-0.15, -0.1) is 0 Å². The Hall–Kier alpha value is -1.93. The van der Waals surface area contributed by atoms with Crippen molar-refractivity contribution < 1.29 is 9.36 Å². The maximum atomic E-state index is 6.85. The molecule has 1 aliphatic rings. The van der Waals surface area contributed by atoms with Crippen LogP contribution in [0.2, 0.25) is 0 Å². The van der Waals surface area contributed by atoms with Gasteiger partial charge in [0.1, 0.15) is 18.7 Å². The predicted molar refractivity (Wildman–Crippen MR) is 145 cm³/mol. The van der Waals surface area contributed by atoms with Crippen LogP contribution in [0.4, 0.5) is 0 Å². The van der Waals surface area contributed by atoms with Gasteiger partial charge in [-0.2, -0.15) is 0 Å². The summed E-state index contributed by atoms with van der Waals surface area (Å²) in [6.07, 6.45) is 0. The van der Waals surface area contributed by atoms with Crippen molar-refractivity contribution in [1.29, 1.82) is 0 Å². The number of halogens is 2.